The molecule has 0 bridgehead atoms. The Kier molecular flexibility index (Phi) is 5.27. The summed E-state index contributed by atoms with van der Waals surface area (Å²) in [6.45, 7) is 0.918. The molecule has 0 radical (unpaired) electrons. The Morgan fingerprint density at radius 1 is 1.35 bits per heavy atom. The normalized spacial score (nSPS) is 12.9. The summed E-state index contributed by atoms with van der Waals surface area (Å²) in [5.41, 5.74) is 1.23. The third-order valence-corrected chi connectivity index (χ3v) is 4.51. The van der Waals surface area contributed by atoms with Crippen LogP contribution in [0.15, 0.2) is 36.5 Å². The molecular weight excluding hydrogens is 323 g/mol. The van der Waals surface area contributed by atoms with Crippen LogP contribution in [0.4, 0.5) is 0 Å². The van der Waals surface area contributed by atoms with Crippen LogP contribution in [0.1, 0.15) is 19.1 Å². The lowest BCUT2D eigenvalue weighted by molar-refractivity contribution is -0.163. The van der Waals surface area contributed by atoms with Gasteiger partial charge in [-0.2, -0.15) is 0 Å². The molecule has 1 atom stereocenters. The molecule has 2 aromatic rings. The van der Waals surface area contributed by atoms with Crippen molar-refractivity contribution in [2.75, 3.05) is 6.54 Å². The molecule has 0 aliphatic heterocycles. The SMILES string of the molecule is CC(=O)N(O)CCC(n1cc(-c2ccccc2)nn1)P(=O)(O)O. The van der Waals surface area contributed by atoms with Crippen molar-refractivity contribution in [3.63, 3.8) is 0 Å². The lowest BCUT2D eigenvalue weighted by Gasteiger charge is -2.20. The Hall–Kier alpha value is -2.06. The summed E-state index contributed by atoms with van der Waals surface area (Å²) >= 11 is 0. The van der Waals surface area contributed by atoms with Crippen LogP contribution in [-0.4, -0.2) is 47.5 Å². The topological polar surface area (TPSA) is 129 Å². The maximum Gasteiger partial charge on any atom is 0.350 e. The monoisotopic (exact) mass is 340 g/mol. The highest BCUT2D eigenvalue weighted by Gasteiger charge is 2.32. The van der Waals surface area contributed by atoms with Crippen molar-refractivity contribution in [3.05, 3.63) is 36.5 Å². The molecular formula is C13H17N4O5P. The molecule has 23 heavy (non-hydrogen) atoms. The van der Waals surface area contributed by atoms with Gasteiger partial charge < -0.3 is 9.79 Å². The zero-order valence-electron chi connectivity index (χ0n) is 12.3. The lowest BCUT2D eigenvalue weighted by Crippen LogP contribution is -2.28. The lowest BCUT2D eigenvalue weighted by atomic mass is 10.2. The molecule has 3 N–H and O–H groups in total. The standard InChI is InChI=1S/C13H17N4O5P/c1-10(18)17(19)8-7-13(23(20,21)22)16-9-12(14-15-16)11-5-3-2-4-6-11/h2-6,9,13,19H,7-8H2,1H3,(H2,20,21,22). The van der Waals surface area contributed by atoms with Gasteiger partial charge in [-0.15, -0.1) is 5.10 Å². The zero-order valence-corrected chi connectivity index (χ0v) is 13.2. The van der Waals surface area contributed by atoms with Gasteiger partial charge in [0.2, 0.25) is 5.91 Å². The Bertz CT molecular complexity index is 714. The molecule has 0 saturated heterocycles. The quantitative estimate of drug-likeness (QED) is 0.410. The van der Waals surface area contributed by atoms with E-state index in [1.54, 1.807) is 12.1 Å². The molecule has 10 heteroatoms. The molecule has 2 rings (SSSR count). The second kappa shape index (κ2) is 7.01. The number of hydroxylamine groups is 2. The fraction of sp³-hybridized carbons (Fsp3) is 0.308. The summed E-state index contributed by atoms with van der Waals surface area (Å²) in [7, 11) is -4.55. The molecule has 1 amide bonds. The van der Waals surface area contributed by atoms with Gasteiger partial charge in [-0.05, 0) is 0 Å². The van der Waals surface area contributed by atoms with Crippen LogP contribution in [0, 0.1) is 0 Å². The van der Waals surface area contributed by atoms with Gasteiger partial charge in [0.05, 0.1) is 12.7 Å². The second-order valence-electron chi connectivity index (χ2n) is 4.95. The summed E-state index contributed by atoms with van der Waals surface area (Å²) < 4.78 is 12.7. The fourth-order valence-corrected chi connectivity index (χ4v) is 2.89. The van der Waals surface area contributed by atoms with Crippen molar-refractivity contribution in [3.8, 4) is 11.3 Å². The van der Waals surface area contributed by atoms with Gasteiger partial charge in [-0.3, -0.25) is 14.6 Å². The van der Waals surface area contributed by atoms with Crippen LogP contribution in [0.3, 0.4) is 0 Å². The van der Waals surface area contributed by atoms with E-state index in [0.29, 0.717) is 10.8 Å². The first kappa shape index (κ1) is 17.3. The molecule has 0 fully saturated rings. The van der Waals surface area contributed by atoms with E-state index >= 15 is 0 Å². The first-order valence-corrected chi connectivity index (χ1v) is 8.46. The maximum absolute atomic E-state index is 11.7. The number of rotatable bonds is 6. The molecule has 0 saturated carbocycles. The predicted octanol–water partition coefficient (Wildman–Crippen LogP) is 1.25. The van der Waals surface area contributed by atoms with Gasteiger partial charge in [0.15, 0.2) is 5.78 Å². The molecule has 1 aromatic heterocycles. The van der Waals surface area contributed by atoms with Crippen LogP contribution in [0.25, 0.3) is 11.3 Å². The van der Waals surface area contributed by atoms with Crippen molar-refractivity contribution in [2.45, 2.75) is 19.1 Å². The van der Waals surface area contributed by atoms with E-state index in [9.17, 15) is 24.4 Å². The van der Waals surface area contributed by atoms with E-state index in [4.69, 9.17) is 0 Å². The van der Waals surface area contributed by atoms with Crippen LogP contribution < -0.4 is 0 Å². The predicted molar refractivity (Wildman–Crippen MR) is 80.3 cm³/mol. The molecule has 124 valence electrons. The second-order valence-corrected chi connectivity index (χ2v) is 6.72. The highest BCUT2D eigenvalue weighted by Crippen LogP contribution is 2.50. The minimum atomic E-state index is -4.55. The van der Waals surface area contributed by atoms with Gasteiger partial charge >= 0.3 is 7.60 Å². The smallest absolute Gasteiger partial charge is 0.323 e. The number of benzene rings is 1. The van der Waals surface area contributed by atoms with Crippen LogP contribution >= 0.6 is 7.60 Å². The van der Waals surface area contributed by atoms with Crippen molar-refractivity contribution in [1.82, 2.24) is 20.1 Å². The van der Waals surface area contributed by atoms with Gasteiger partial charge in [-0.25, -0.2) is 9.75 Å². The number of nitrogens with zero attached hydrogens (tertiary/aromatic N) is 4. The molecule has 0 aliphatic carbocycles. The molecule has 9 nitrogen and oxygen atoms in total. The third-order valence-electron chi connectivity index (χ3n) is 3.24. The Morgan fingerprint density at radius 3 is 2.57 bits per heavy atom. The average Bonchev–Trinajstić information content (AvgIpc) is 2.96. The highest BCUT2D eigenvalue weighted by atomic mass is 31.2. The maximum atomic E-state index is 11.7. The Labute approximate surface area is 132 Å². The number of aromatic nitrogens is 3. The summed E-state index contributed by atoms with van der Waals surface area (Å²) in [6, 6.07) is 9.05. The van der Waals surface area contributed by atoms with Crippen molar-refractivity contribution in [2.24, 2.45) is 0 Å². The Balaban J connectivity index is 2.22. The minimum absolute atomic E-state index is 0.169. The first-order valence-electron chi connectivity index (χ1n) is 6.78. The van der Waals surface area contributed by atoms with E-state index in [0.717, 1.165) is 17.2 Å². The number of amides is 1. The first-order chi connectivity index (χ1) is 10.8. The van der Waals surface area contributed by atoms with Gasteiger partial charge in [-0.1, -0.05) is 35.5 Å². The van der Waals surface area contributed by atoms with E-state index in [-0.39, 0.29) is 13.0 Å². The molecule has 0 aliphatic rings. The van der Waals surface area contributed by atoms with Crippen molar-refractivity contribution in [1.29, 1.82) is 0 Å². The largest absolute Gasteiger partial charge is 0.350 e. The van der Waals surface area contributed by atoms with Gasteiger partial charge in [0, 0.05) is 18.9 Å². The van der Waals surface area contributed by atoms with E-state index < -0.39 is 19.3 Å². The van der Waals surface area contributed by atoms with Gasteiger partial charge in [0.1, 0.15) is 5.69 Å². The van der Waals surface area contributed by atoms with E-state index in [1.807, 2.05) is 18.2 Å². The summed E-state index contributed by atoms with van der Waals surface area (Å²) in [6.07, 6.45) is 1.26. The molecule has 1 heterocycles. The number of carbonyl (C=O) groups excluding carboxylic acids is 1. The number of carbonyl (C=O) groups is 1. The van der Waals surface area contributed by atoms with Crippen LogP contribution in [0.2, 0.25) is 0 Å². The summed E-state index contributed by atoms with van der Waals surface area (Å²) in [4.78, 5) is 30.0. The average molecular weight is 340 g/mol. The molecule has 0 spiro atoms. The van der Waals surface area contributed by atoms with E-state index in [1.165, 1.54) is 6.20 Å². The van der Waals surface area contributed by atoms with Crippen LogP contribution in [-0.2, 0) is 9.36 Å². The fourth-order valence-electron chi connectivity index (χ4n) is 2.01. The molecule has 1 aromatic carbocycles. The third kappa shape index (κ3) is 4.46. The van der Waals surface area contributed by atoms with Crippen LogP contribution in [0.5, 0.6) is 0 Å². The minimum Gasteiger partial charge on any atom is -0.323 e. The van der Waals surface area contributed by atoms with Crippen molar-refractivity contribution < 1.29 is 24.4 Å². The summed E-state index contributed by atoms with van der Waals surface area (Å²) in [5.74, 6) is -1.93. The molecule has 1 unspecified atom stereocenters. The summed E-state index contributed by atoms with van der Waals surface area (Å²) in [5, 5.41) is 17.4. The number of hydrogen-bond acceptors (Lipinski definition) is 5. The highest BCUT2D eigenvalue weighted by molar-refractivity contribution is 7.51. The van der Waals surface area contributed by atoms with Gasteiger partial charge in [0.25, 0.3) is 0 Å². The van der Waals surface area contributed by atoms with Crippen molar-refractivity contribution >= 4 is 13.5 Å². The number of hydrogen-bond donors (Lipinski definition) is 3. The Morgan fingerprint density at radius 2 is 2.00 bits per heavy atom. The zero-order chi connectivity index (χ0) is 17.0. The van der Waals surface area contributed by atoms with E-state index in [2.05, 4.69) is 10.3 Å².